The predicted octanol–water partition coefficient (Wildman–Crippen LogP) is 2.39. The maximum atomic E-state index is 12.8. The number of benzene rings is 2. The van der Waals surface area contributed by atoms with E-state index in [4.69, 9.17) is 0 Å². The van der Waals surface area contributed by atoms with Crippen LogP contribution in [0.1, 0.15) is 0 Å². The Morgan fingerprint density at radius 3 is 2.46 bits per heavy atom. The van der Waals surface area contributed by atoms with E-state index < -0.39 is 5.82 Å². The molecule has 0 bridgehead atoms. The standard InChI is InChI=1S/C10H7FO2/c11-6-4-8-7(10(13)5-6)2-1-3-9(8)12/h1-5,12-13H. The third-order valence-corrected chi connectivity index (χ3v) is 1.92. The van der Waals surface area contributed by atoms with E-state index in [1.807, 2.05) is 0 Å². The van der Waals surface area contributed by atoms with E-state index in [2.05, 4.69) is 0 Å². The molecular weight excluding hydrogens is 171 g/mol. The summed E-state index contributed by atoms with van der Waals surface area (Å²) in [5.74, 6) is -0.760. The fourth-order valence-corrected chi connectivity index (χ4v) is 1.32. The third-order valence-electron chi connectivity index (χ3n) is 1.92. The van der Waals surface area contributed by atoms with E-state index in [1.54, 1.807) is 12.1 Å². The van der Waals surface area contributed by atoms with Crippen LogP contribution in [0.2, 0.25) is 0 Å². The van der Waals surface area contributed by atoms with Crippen molar-refractivity contribution in [1.82, 2.24) is 0 Å². The Morgan fingerprint density at radius 1 is 0.923 bits per heavy atom. The van der Waals surface area contributed by atoms with E-state index in [0.29, 0.717) is 10.8 Å². The summed E-state index contributed by atoms with van der Waals surface area (Å²) in [6, 6.07) is 6.85. The number of halogens is 1. The Bertz CT molecular complexity index is 466. The Hall–Kier alpha value is -1.77. The smallest absolute Gasteiger partial charge is 0.127 e. The van der Waals surface area contributed by atoms with E-state index >= 15 is 0 Å². The molecule has 0 aliphatic rings. The lowest BCUT2D eigenvalue weighted by molar-refractivity contribution is 0.470. The van der Waals surface area contributed by atoms with Crippen molar-refractivity contribution in [3.05, 3.63) is 36.1 Å². The van der Waals surface area contributed by atoms with Crippen LogP contribution < -0.4 is 0 Å². The Kier molecular flexibility index (Phi) is 1.59. The van der Waals surface area contributed by atoms with E-state index in [0.717, 1.165) is 6.07 Å². The lowest BCUT2D eigenvalue weighted by Crippen LogP contribution is -1.78. The molecule has 3 heteroatoms. The van der Waals surface area contributed by atoms with Crippen molar-refractivity contribution in [2.24, 2.45) is 0 Å². The minimum Gasteiger partial charge on any atom is -0.507 e. The highest BCUT2D eigenvalue weighted by molar-refractivity contribution is 5.92. The summed E-state index contributed by atoms with van der Waals surface area (Å²) in [7, 11) is 0. The van der Waals surface area contributed by atoms with Gasteiger partial charge in [-0.25, -0.2) is 4.39 Å². The molecular formula is C10H7FO2. The number of phenolic OH excluding ortho intramolecular Hbond substituents is 2. The number of rotatable bonds is 0. The van der Waals surface area contributed by atoms with Crippen LogP contribution in [0.4, 0.5) is 4.39 Å². The average molecular weight is 178 g/mol. The van der Waals surface area contributed by atoms with Crippen LogP contribution in [-0.4, -0.2) is 10.2 Å². The van der Waals surface area contributed by atoms with Crippen molar-refractivity contribution in [2.75, 3.05) is 0 Å². The minimum atomic E-state index is -0.563. The van der Waals surface area contributed by atoms with Gasteiger partial charge in [-0.15, -0.1) is 0 Å². The van der Waals surface area contributed by atoms with Crippen molar-refractivity contribution in [2.45, 2.75) is 0 Å². The number of hydrogen-bond acceptors (Lipinski definition) is 2. The summed E-state index contributed by atoms with van der Waals surface area (Å²) in [6.45, 7) is 0. The van der Waals surface area contributed by atoms with Gasteiger partial charge in [0.15, 0.2) is 0 Å². The van der Waals surface area contributed by atoms with Gasteiger partial charge in [0.25, 0.3) is 0 Å². The van der Waals surface area contributed by atoms with Crippen molar-refractivity contribution < 1.29 is 14.6 Å². The minimum absolute atomic E-state index is 0.0349. The van der Waals surface area contributed by atoms with Gasteiger partial charge >= 0.3 is 0 Å². The van der Waals surface area contributed by atoms with Crippen LogP contribution in [0, 0.1) is 5.82 Å². The Balaban J connectivity index is 2.94. The second-order valence-electron chi connectivity index (χ2n) is 2.80. The van der Waals surface area contributed by atoms with Gasteiger partial charge in [0.05, 0.1) is 0 Å². The van der Waals surface area contributed by atoms with Gasteiger partial charge < -0.3 is 10.2 Å². The van der Waals surface area contributed by atoms with Crippen LogP contribution in [0.25, 0.3) is 10.8 Å². The lowest BCUT2D eigenvalue weighted by atomic mass is 10.1. The molecule has 0 aromatic heterocycles. The molecule has 66 valence electrons. The molecule has 2 rings (SSSR count). The van der Waals surface area contributed by atoms with Crippen molar-refractivity contribution in [3.63, 3.8) is 0 Å². The fraction of sp³-hybridized carbons (Fsp3) is 0. The summed E-state index contributed by atoms with van der Waals surface area (Å²) in [5.41, 5.74) is 0. The summed E-state index contributed by atoms with van der Waals surface area (Å²) < 4.78 is 12.8. The average Bonchev–Trinajstić information content (AvgIpc) is 2.07. The highest BCUT2D eigenvalue weighted by Crippen LogP contribution is 2.31. The largest absolute Gasteiger partial charge is 0.507 e. The first-order chi connectivity index (χ1) is 6.18. The van der Waals surface area contributed by atoms with Crippen LogP contribution in [-0.2, 0) is 0 Å². The molecule has 0 radical (unpaired) electrons. The molecule has 0 spiro atoms. The second kappa shape index (κ2) is 2.62. The first-order valence-electron chi connectivity index (χ1n) is 3.78. The zero-order chi connectivity index (χ0) is 9.42. The van der Waals surface area contributed by atoms with Crippen molar-refractivity contribution in [1.29, 1.82) is 0 Å². The molecule has 0 aliphatic heterocycles. The first-order valence-corrected chi connectivity index (χ1v) is 3.78. The zero-order valence-corrected chi connectivity index (χ0v) is 6.66. The van der Waals surface area contributed by atoms with Crippen LogP contribution in [0.15, 0.2) is 30.3 Å². The topological polar surface area (TPSA) is 40.5 Å². The van der Waals surface area contributed by atoms with Crippen molar-refractivity contribution in [3.8, 4) is 11.5 Å². The summed E-state index contributed by atoms with van der Waals surface area (Å²) >= 11 is 0. The summed E-state index contributed by atoms with van der Waals surface area (Å²) in [6.07, 6.45) is 0. The third kappa shape index (κ3) is 1.18. The van der Waals surface area contributed by atoms with E-state index in [1.165, 1.54) is 12.1 Å². The second-order valence-corrected chi connectivity index (χ2v) is 2.80. The monoisotopic (exact) mass is 178 g/mol. The van der Waals surface area contributed by atoms with Gasteiger partial charge in [-0.05, 0) is 12.1 Å². The Labute approximate surface area is 73.9 Å². The molecule has 0 saturated heterocycles. The maximum Gasteiger partial charge on any atom is 0.127 e. The van der Waals surface area contributed by atoms with Gasteiger partial charge in [0.2, 0.25) is 0 Å². The van der Waals surface area contributed by atoms with E-state index in [-0.39, 0.29) is 11.5 Å². The van der Waals surface area contributed by atoms with Crippen LogP contribution in [0.3, 0.4) is 0 Å². The number of aromatic hydroxyl groups is 2. The van der Waals surface area contributed by atoms with Crippen molar-refractivity contribution >= 4 is 10.8 Å². The quantitative estimate of drug-likeness (QED) is 0.650. The molecule has 0 saturated carbocycles. The maximum absolute atomic E-state index is 12.8. The highest BCUT2D eigenvalue weighted by atomic mass is 19.1. The summed E-state index contributed by atoms with van der Waals surface area (Å²) in [5, 5.41) is 19.4. The number of phenols is 2. The van der Waals surface area contributed by atoms with Gasteiger partial charge in [-0.3, -0.25) is 0 Å². The van der Waals surface area contributed by atoms with Gasteiger partial charge in [0.1, 0.15) is 17.3 Å². The predicted molar refractivity (Wildman–Crippen MR) is 47.2 cm³/mol. The molecule has 2 nitrogen and oxygen atoms in total. The van der Waals surface area contributed by atoms with Gasteiger partial charge in [0, 0.05) is 16.8 Å². The molecule has 0 fully saturated rings. The normalized spacial score (nSPS) is 10.5. The summed E-state index contributed by atoms with van der Waals surface area (Å²) in [4.78, 5) is 0. The van der Waals surface area contributed by atoms with Gasteiger partial charge in [-0.2, -0.15) is 0 Å². The first kappa shape index (κ1) is 7.86. The van der Waals surface area contributed by atoms with Gasteiger partial charge in [-0.1, -0.05) is 12.1 Å². The molecule has 0 heterocycles. The lowest BCUT2D eigenvalue weighted by Gasteiger charge is -2.02. The molecule has 0 amide bonds. The molecule has 2 N–H and O–H groups in total. The van der Waals surface area contributed by atoms with E-state index in [9.17, 15) is 14.6 Å². The molecule has 2 aromatic carbocycles. The number of hydrogen-bond donors (Lipinski definition) is 2. The molecule has 13 heavy (non-hydrogen) atoms. The zero-order valence-electron chi connectivity index (χ0n) is 6.66. The number of fused-ring (bicyclic) bond motifs is 1. The molecule has 2 aromatic rings. The Morgan fingerprint density at radius 2 is 1.69 bits per heavy atom. The van der Waals surface area contributed by atoms with Crippen LogP contribution in [0.5, 0.6) is 11.5 Å². The highest BCUT2D eigenvalue weighted by Gasteiger charge is 2.05. The molecule has 0 unspecified atom stereocenters. The molecule has 0 aliphatic carbocycles. The fourth-order valence-electron chi connectivity index (χ4n) is 1.32. The molecule has 0 atom stereocenters. The SMILES string of the molecule is Oc1cc(F)cc2c(O)cccc12. The van der Waals surface area contributed by atoms with Crippen LogP contribution >= 0.6 is 0 Å².